The second kappa shape index (κ2) is 7.61. The molecule has 0 saturated heterocycles. The topological polar surface area (TPSA) is 68.3 Å². The number of hydrogen-bond acceptors (Lipinski definition) is 5. The van der Waals surface area contributed by atoms with Crippen molar-refractivity contribution in [3.05, 3.63) is 59.8 Å². The molecule has 114 valence electrons. The van der Waals surface area contributed by atoms with Gasteiger partial charge in [0.1, 0.15) is 11.1 Å². The Bertz CT molecular complexity index is 661. The van der Waals surface area contributed by atoms with Gasteiger partial charge in [0.25, 0.3) is 0 Å². The van der Waals surface area contributed by atoms with E-state index in [2.05, 4.69) is 15.0 Å². The Balaban J connectivity index is 2.16. The van der Waals surface area contributed by atoms with Gasteiger partial charge in [0.2, 0.25) is 5.91 Å². The number of hydrogen-bond donors (Lipinski definition) is 1. The molecule has 0 spiro atoms. The lowest BCUT2D eigenvalue weighted by atomic mass is 10.1. The van der Waals surface area contributed by atoms with Gasteiger partial charge in [0.05, 0.1) is 12.7 Å². The maximum atomic E-state index is 12.4. The van der Waals surface area contributed by atoms with Crippen molar-refractivity contribution >= 4 is 29.5 Å². The summed E-state index contributed by atoms with van der Waals surface area (Å²) in [6, 6.07) is 12.5. The van der Waals surface area contributed by atoms with Gasteiger partial charge >= 0.3 is 5.97 Å². The number of methoxy groups -OCH3 is 1. The summed E-state index contributed by atoms with van der Waals surface area (Å²) in [4.78, 5) is 28.0. The summed E-state index contributed by atoms with van der Waals surface area (Å²) in [6.45, 7) is 0. The van der Waals surface area contributed by atoms with E-state index < -0.39 is 5.97 Å². The number of pyridine rings is 1. The van der Waals surface area contributed by atoms with Gasteiger partial charge in [0, 0.05) is 6.20 Å². The van der Waals surface area contributed by atoms with Crippen LogP contribution in [0.25, 0.3) is 0 Å². The number of anilines is 1. The van der Waals surface area contributed by atoms with Gasteiger partial charge in [0.15, 0.2) is 0 Å². The van der Waals surface area contributed by atoms with Crippen LogP contribution >= 0.6 is 11.8 Å². The van der Waals surface area contributed by atoms with Crippen LogP contribution < -0.4 is 5.32 Å². The Morgan fingerprint density at radius 1 is 1.23 bits per heavy atom. The number of rotatable bonds is 5. The zero-order chi connectivity index (χ0) is 15.9. The Hall–Kier alpha value is -2.34. The third-order valence-corrected chi connectivity index (χ3v) is 3.97. The lowest BCUT2D eigenvalue weighted by molar-refractivity contribution is -0.115. The Labute approximate surface area is 133 Å². The summed E-state index contributed by atoms with van der Waals surface area (Å²) < 4.78 is 4.65. The molecule has 6 heteroatoms. The average Bonchev–Trinajstić information content (AvgIpc) is 2.56. The monoisotopic (exact) mass is 316 g/mol. The maximum Gasteiger partial charge on any atom is 0.338 e. The molecule has 2 rings (SSSR count). The highest BCUT2D eigenvalue weighted by Gasteiger charge is 2.20. The summed E-state index contributed by atoms with van der Waals surface area (Å²) in [5, 5.41) is 2.39. The quantitative estimate of drug-likeness (QED) is 0.859. The van der Waals surface area contributed by atoms with E-state index in [0.29, 0.717) is 11.4 Å². The fourth-order valence-electron chi connectivity index (χ4n) is 1.96. The standard InChI is InChI=1S/C16H16N2O3S/c1-21-16(20)12-8-9-17-13(10-12)18-15(19)14(22-2)11-6-4-3-5-7-11/h3-10,14H,1-2H3,(H,17,18,19)/t14-/m0/s1. The largest absolute Gasteiger partial charge is 0.465 e. The molecule has 1 aromatic carbocycles. The van der Waals surface area contributed by atoms with Gasteiger partial charge in [-0.3, -0.25) is 4.79 Å². The van der Waals surface area contributed by atoms with Crippen molar-refractivity contribution in [3.63, 3.8) is 0 Å². The normalized spacial score (nSPS) is 11.5. The Kier molecular flexibility index (Phi) is 5.55. The molecule has 1 heterocycles. The van der Waals surface area contributed by atoms with Crippen LogP contribution in [-0.2, 0) is 9.53 Å². The molecule has 0 aliphatic rings. The fraction of sp³-hybridized carbons (Fsp3) is 0.188. The molecular weight excluding hydrogens is 300 g/mol. The van der Waals surface area contributed by atoms with Crippen LogP contribution in [0.5, 0.6) is 0 Å². The minimum atomic E-state index is -0.470. The van der Waals surface area contributed by atoms with Gasteiger partial charge in [-0.1, -0.05) is 30.3 Å². The van der Waals surface area contributed by atoms with Crippen molar-refractivity contribution in [2.45, 2.75) is 5.25 Å². The van der Waals surface area contributed by atoms with E-state index in [1.807, 2.05) is 36.6 Å². The SMILES string of the molecule is COC(=O)c1ccnc(NC(=O)[C@@H](SC)c2ccccc2)c1. The van der Waals surface area contributed by atoms with Gasteiger partial charge in [-0.25, -0.2) is 9.78 Å². The predicted molar refractivity (Wildman–Crippen MR) is 86.9 cm³/mol. The van der Waals surface area contributed by atoms with Crippen molar-refractivity contribution in [2.75, 3.05) is 18.7 Å². The highest BCUT2D eigenvalue weighted by molar-refractivity contribution is 7.99. The molecule has 1 N–H and O–H groups in total. The third-order valence-electron chi connectivity index (χ3n) is 3.01. The molecule has 5 nitrogen and oxygen atoms in total. The van der Waals surface area contributed by atoms with E-state index in [4.69, 9.17) is 0 Å². The van der Waals surface area contributed by atoms with Crippen molar-refractivity contribution in [1.29, 1.82) is 0 Å². The van der Waals surface area contributed by atoms with E-state index >= 15 is 0 Å². The van der Waals surface area contributed by atoms with Crippen LogP contribution in [0, 0.1) is 0 Å². The molecule has 0 radical (unpaired) electrons. The zero-order valence-electron chi connectivity index (χ0n) is 12.3. The molecule has 1 amide bonds. The van der Waals surface area contributed by atoms with Crippen LogP contribution in [0.1, 0.15) is 21.2 Å². The second-order valence-corrected chi connectivity index (χ2v) is 5.38. The highest BCUT2D eigenvalue weighted by Crippen LogP contribution is 2.27. The van der Waals surface area contributed by atoms with Crippen LogP contribution in [-0.4, -0.2) is 30.2 Å². The molecule has 0 aliphatic carbocycles. The third kappa shape index (κ3) is 3.85. The van der Waals surface area contributed by atoms with Crippen LogP contribution in [0.15, 0.2) is 48.7 Å². The fourth-order valence-corrected chi connectivity index (χ4v) is 2.66. The Morgan fingerprint density at radius 2 is 1.95 bits per heavy atom. The second-order valence-electron chi connectivity index (χ2n) is 4.44. The number of benzene rings is 1. The molecule has 0 fully saturated rings. The summed E-state index contributed by atoms with van der Waals surface area (Å²) in [5.41, 5.74) is 1.25. The van der Waals surface area contributed by atoms with Crippen molar-refractivity contribution in [2.24, 2.45) is 0 Å². The van der Waals surface area contributed by atoms with E-state index in [1.54, 1.807) is 0 Å². The van der Waals surface area contributed by atoms with Gasteiger partial charge in [-0.05, 0) is 24.0 Å². The number of esters is 1. The first-order valence-corrected chi connectivity index (χ1v) is 7.87. The molecular formula is C16H16N2O3S. The predicted octanol–water partition coefficient (Wildman–Crippen LogP) is 2.91. The lowest BCUT2D eigenvalue weighted by Crippen LogP contribution is -2.19. The molecule has 0 bridgehead atoms. The minimum absolute atomic E-state index is 0.187. The minimum Gasteiger partial charge on any atom is -0.465 e. The van der Waals surface area contributed by atoms with E-state index in [9.17, 15) is 9.59 Å². The van der Waals surface area contributed by atoms with E-state index in [1.165, 1.54) is 37.2 Å². The average molecular weight is 316 g/mol. The summed E-state index contributed by atoms with van der Waals surface area (Å²) >= 11 is 1.43. The first-order chi connectivity index (χ1) is 10.7. The maximum absolute atomic E-state index is 12.4. The molecule has 1 atom stereocenters. The van der Waals surface area contributed by atoms with E-state index in [0.717, 1.165) is 5.56 Å². The number of carbonyl (C=O) groups is 2. The number of amides is 1. The number of carbonyl (C=O) groups excluding carboxylic acids is 2. The Morgan fingerprint density at radius 3 is 2.59 bits per heavy atom. The number of thioether (sulfide) groups is 1. The lowest BCUT2D eigenvalue weighted by Gasteiger charge is -2.14. The molecule has 22 heavy (non-hydrogen) atoms. The molecule has 0 saturated carbocycles. The van der Waals surface area contributed by atoms with Crippen molar-refractivity contribution in [1.82, 2.24) is 4.98 Å². The summed E-state index contributed by atoms with van der Waals surface area (Å²) in [6.07, 6.45) is 3.33. The highest BCUT2D eigenvalue weighted by atomic mass is 32.2. The van der Waals surface area contributed by atoms with Crippen molar-refractivity contribution in [3.8, 4) is 0 Å². The number of aromatic nitrogens is 1. The summed E-state index contributed by atoms with van der Waals surface area (Å²) in [5.74, 6) is -0.335. The summed E-state index contributed by atoms with van der Waals surface area (Å²) in [7, 11) is 1.31. The van der Waals surface area contributed by atoms with Gasteiger partial charge in [-0.2, -0.15) is 0 Å². The molecule has 0 unspecified atom stereocenters. The number of nitrogens with one attached hydrogen (secondary N) is 1. The zero-order valence-corrected chi connectivity index (χ0v) is 13.1. The first-order valence-electron chi connectivity index (χ1n) is 6.58. The molecule has 0 aliphatic heterocycles. The van der Waals surface area contributed by atoms with Crippen molar-refractivity contribution < 1.29 is 14.3 Å². The number of nitrogens with zero attached hydrogens (tertiary/aromatic N) is 1. The van der Waals surface area contributed by atoms with E-state index in [-0.39, 0.29) is 11.2 Å². The first kappa shape index (κ1) is 16.0. The smallest absolute Gasteiger partial charge is 0.338 e. The van der Waals surface area contributed by atoms with Crippen LogP contribution in [0.4, 0.5) is 5.82 Å². The number of ether oxygens (including phenoxy) is 1. The van der Waals surface area contributed by atoms with Gasteiger partial charge in [-0.15, -0.1) is 11.8 Å². The van der Waals surface area contributed by atoms with Gasteiger partial charge < -0.3 is 10.1 Å². The molecule has 1 aromatic heterocycles. The molecule has 2 aromatic rings. The van der Waals surface area contributed by atoms with Crippen LogP contribution in [0.2, 0.25) is 0 Å². The van der Waals surface area contributed by atoms with Crippen LogP contribution in [0.3, 0.4) is 0 Å².